The van der Waals surface area contributed by atoms with Crippen molar-refractivity contribution in [3.63, 3.8) is 0 Å². The van der Waals surface area contributed by atoms with Crippen molar-refractivity contribution in [1.82, 2.24) is 4.57 Å². The van der Waals surface area contributed by atoms with E-state index in [9.17, 15) is 14.9 Å². The average Bonchev–Trinajstić information content (AvgIpc) is 3.06. The summed E-state index contributed by atoms with van der Waals surface area (Å²) in [5, 5.41) is 11.9. The molecule has 100 valence electrons. The summed E-state index contributed by atoms with van der Waals surface area (Å²) in [6.07, 6.45) is 2.39. The molecule has 0 fully saturated rings. The van der Waals surface area contributed by atoms with E-state index in [1.165, 1.54) is 6.07 Å². The molecule has 0 aliphatic carbocycles. The largest absolute Gasteiger partial charge is 0.456 e. The summed E-state index contributed by atoms with van der Waals surface area (Å²) in [7, 11) is 0. The molecular formula is C14H10N2O4. The number of aromatic nitrogens is 1. The number of hydrogen-bond donors (Lipinski definition) is 0. The monoisotopic (exact) mass is 270 g/mol. The first-order valence-electron chi connectivity index (χ1n) is 5.95. The van der Waals surface area contributed by atoms with Crippen LogP contribution in [-0.4, -0.2) is 15.8 Å². The fourth-order valence-electron chi connectivity index (χ4n) is 2.23. The summed E-state index contributed by atoms with van der Waals surface area (Å²) < 4.78 is 7.03. The Morgan fingerprint density at radius 3 is 2.80 bits per heavy atom. The quantitative estimate of drug-likeness (QED) is 0.414. The lowest BCUT2D eigenvalue weighted by Crippen LogP contribution is -1.99. The number of nitro groups is 1. The summed E-state index contributed by atoms with van der Waals surface area (Å²) in [6.45, 7) is 0.336. The first-order chi connectivity index (χ1) is 9.69. The SMILES string of the molecule is O=Cc1ccc(Cn2ccc3cccc([N+](=O)[O-])c32)o1. The number of carbonyl (C=O) groups is 1. The predicted molar refractivity (Wildman–Crippen MR) is 71.8 cm³/mol. The Balaban J connectivity index is 2.07. The number of nitro benzene ring substituents is 1. The second-order valence-electron chi connectivity index (χ2n) is 4.34. The first-order valence-corrected chi connectivity index (χ1v) is 5.95. The summed E-state index contributed by atoms with van der Waals surface area (Å²) in [4.78, 5) is 21.3. The molecule has 1 aromatic carbocycles. The van der Waals surface area contributed by atoms with E-state index in [1.807, 2.05) is 12.1 Å². The highest BCUT2D eigenvalue weighted by Gasteiger charge is 2.16. The van der Waals surface area contributed by atoms with Gasteiger partial charge < -0.3 is 8.98 Å². The Morgan fingerprint density at radius 1 is 1.25 bits per heavy atom. The second kappa shape index (κ2) is 4.65. The van der Waals surface area contributed by atoms with Gasteiger partial charge in [-0.2, -0.15) is 0 Å². The lowest BCUT2D eigenvalue weighted by molar-refractivity contribution is -0.383. The molecule has 0 aliphatic heterocycles. The number of nitrogens with zero attached hydrogens (tertiary/aromatic N) is 2. The molecule has 0 amide bonds. The van der Waals surface area contributed by atoms with Crippen molar-refractivity contribution in [2.75, 3.05) is 0 Å². The van der Waals surface area contributed by atoms with Crippen LogP contribution in [0.4, 0.5) is 5.69 Å². The summed E-state index contributed by atoms with van der Waals surface area (Å²) >= 11 is 0. The van der Waals surface area contributed by atoms with Gasteiger partial charge in [0, 0.05) is 17.6 Å². The number of furan rings is 1. The summed E-state index contributed by atoms with van der Waals surface area (Å²) in [6, 6.07) is 10.0. The molecule has 0 bridgehead atoms. The molecule has 0 aliphatic rings. The third-order valence-electron chi connectivity index (χ3n) is 3.09. The molecule has 2 aromatic heterocycles. The zero-order valence-corrected chi connectivity index (χ0v) is 10.4. The van der Waals surface area contributed by atoms with E-state index < -0.39 is 4.92 Å². The molecule has 6 nitrogen and oxygen atoms in total. The van der Waals surface area contributed by atoms with Crippen molar-refractivity contribution < 1.29 is 14.1 Å². The molecular weight excluding hydrogens is 260 g/mol. The van der Waals surface area contributed by atoms with Crippen molar-refractivity contribution in [1.29, 1.82) is 0 Å². The van der Waals surface area contributed by atoms with Crippen LogP contribution in [-0.2, 0) is 6.54 Å². The van der Waals surface area contributed by atoms with Gasteiger partial charge in [-0.15, -0.1) is 0 Å². The van der Waals surface area contributed by atoms with Crippen LogP contribution in [0.15, 0.2) is 47.0 Å². The lowest BCUT2D eigenvalue weighted by Gasteiger charge is -2.03. The zero-order chi connectivity index (χ0) is 14.1. The molecule has 3 rings (SSSR count). The molecule has 0 saturated carbocycles. The number of non-ortho nitro benzene ring substituents is 1. The maximum absolute atomic E-state index is 11.1. The molecule has 3 aromatic rings. The van der Waals surface area contributed by atoms with E-state index >= 15 is 0 Å². The van der Waals surface area contributed by atoms with E-state index in [1.54, 1.807) is 29.0 Å². The van der Waals surface area contributed by atoms with Crippen LogP contribution in [0, 0.1) is 10.1 Å². The van der Waals surface area contributed by atoms with Crippen molar-refractivity contribution in [3.8, 4) is 0 Å². The number of hydrogen-bond acceptors (Lipinski definition) is 4. The van der Waals surface area contributed by atoms with Crippen LogP contribution in [0.3, 0.4) is 0 Å². The average molecular weight is 270 g/mol. The molecule has 6 heteroatoms. The summed E-state index contributed by atoms with van der Waals surface area (Å²) in [5.74, 6) is 0.814. The van der Waals surface area contributed by atoms with Gasteiger partial charge in [-0.3, -0.25) is 14.9 Å². The summed E-state index contributed by atoms with van der Waals surface area (Å²) in [5.41, 5.74) is 0.594. The van der Waals surface area contributed by atoms with Crippen molar-refractivity contribution >= 4 is 22.9 Å². The van der Waals surface area contributed by atoms with E-state index in [-0.39, 0.29) is 11.4 Å². The van der Waals surface area contributed by atoms with Gasteiger partial charge >= 0.3 is 0 Å². The van der Waals surface area contributed by atoms with E-state index in [4.69, 9.17) is 4.42 Å². The predicted octanol–water partition coefficient (Wildman–Crippen LogP) is 3.00. The maximum atomic E-state index is 11.1. The van der Waals surface area contributed by atoms with Crippen molar-refractivity contribution in [2.45, 2.75) is 6.54 Å². The van der Waals surface area contributed by atoms with E-state index in [0.717, 1.165) is 5.39 Å². The molecule has 0 N–H and O–H groups in total. The van der Waals surface area contributed by atoms with Gasteiger partial charge in [-0.25, -0.2) is 0 Å². The highest BCUT2D eigenvalue weighted by molar-refractivity contribution is 5.88. The third kappa shape index (κ3) is 1.97. The number of fused-ring (bicyclic) bond motifs is 1. The second-order valence-corrected chi connectivity index (χ2v) is 4.34. The van der Waals surface area contributed by atoms with Gasteiger partial charge in [0.05, 0.1) is 11.5 Å². The molecule has 2 heterocycles. The first kappa shape index (κ1) is 12.2. The van der Waals surface area contributed by atoms with Crippen LogP contribution < -0.4 is 0 Å². The molecule has 0 radical (unpaired) electrons. The van der Waals surface area contributed by atoms with Crippen LogP contribution in [0.25, 0.3) is 10.9 Å². The van der Waals surface area contributed by atoms with Crippen LogP contribution in [0.5, 0.6) is 0 Å². The van der Waals surface area contributed by atoms with Crippen LogP contribution in [0.1, 0.15) is 16.3 Å². The minimum atomic E-state index is -0.405. The normalized spacial score (nSPS) is 10.8. The highest BCUT2D eigenvalue weighted by atomic mass is 16.6. The number of carbonyl (C=O) groups excluding carboxylic acids is 1. The third-order valence-corrected chi connectivity index (χ3v) is 3.09. The lowest BCUT2D eigenvalue weighted by atomic mass is 10.2. The maximum Gasteiger partial charge on any atom is 0.293 e. The van der Waals surface area contributed by atoms with Gasteiger partial charge in [0.15, 0.2) is 12.0 Å². The van der Waals surface area contributed by atoms with Crippen molar-refractivity contribution in [2.24, 2.45) is 0 Å². The number of rotatable bonds is 4. The minimum absolute atomic E-state index is 0.0506. The Kier molecular flexibility index (Phi) is 2.83. The molecule has 0 spiro atoms. The molecule has 0 unspecified atom stereocenters. The minimum Gasteiger partial charge on any atom is -0.456 e. The Bertz CT molecular complexity index is 800. The Morgan fingerprint density at radius 2 is 2.10 bits per heavy atom. The van der Waals surface area contributed by atoms with Gasteiger partial charge in [-0.1, -0.05) is 12.1 Å². The number of aldehydes is 1. The molecule has 0 atom stereocenters. The van der Waals surface area contributed by atoms with E-state index in [0.29, 0.717) is 24.1 Å². The van der Waals surface area contributed by atoms with E-state index in [2.05, 4.69) is 0 Å². The fourth-order valence-corrected chi connectivity index (χ4v) is 2.23. The van der Waals surface area contributed by atoms with Crippen LogP contribution in [0.2, 0.25) is 0 Å². The number of benzene rings is 1. The fraction of sp³-hybridized carbons (Fsp3) is 0.0714. The highest BCUT2D eigenvalue weighted by Crippen LogP contribution is 2.27. The zero-order valence-electron chi connectivity index (χ0n) is 10.4. The smallest absolute Gasteiger partial charge is 0.293 e. The number of para-hydroxylation sites is 1. The Hall–Kier alpha value is -2.89. The van der Waals surface area contributed by atoms with Gasteiger partial charge in [-0.05, 0) is 18.2 Å². The van der Waals surface area contributed by atoms with Crippen molar-refractivity contribution in [3.05, 3.63) is 64.2 Å². The topological polar surface area (TPSA) is 78.3 Å². The molecule has 20 heavy (non-hydrogen) atoms. The van der Waals surface area contributed by atoms with Gasteiger partial charge in [0.1, 0.15) is 11.3 Å². The molecule has 0 saturated heterocycles. The van der Waals surface area contributed by atoms with Crippen LogP contribution >= 0.6 is 0 Å². The Labute approximate surface area is 113 Å². The standard InChI is InChI=1S/C14H10N2O4/c17-9-12-5-4-11(20-12)8-15-7-6-10-2-1-3-13(14(10)15)16(18)19/h1-7,9H,8H2. The van der Waals surface area contributed by atoms with Gasteiger partial charge in [0.2, 0.25) is 0 Å². The van der Waals surface area contributed by atoms with Gasteiger partial charge in [0.25, 0.3) is 5.69 Å².